The Bertz CT molecular complexity index is 437. The standard InChI is InChI=1S/C14H27N5/c1-6-12-9-18(8-7-17(12)5)14-13(15)11(4)16-19(14)10(2)3/h10,12H,6-9,15H2,1-5H3. The topological polar surface area (TPSA) is 50.3 Å². The monoisotopic (exact) mass is 265 g/mol. The number of rotatable bonds is 3. The van der Waals surface area contributed by atoms with Crippen LogP contribution in [0.3, 0.4) is 0 Å². The van der Waals surface area contributed by atoms with Crippen molar-refractivity contribution in [3.05, 3.63) is 5.69 Å². The third-order valence-corrected chi connectivity index (χ3v) is 4.14. The minimum atomic E-state index is 0.339. The van der Waals surface area contributed by atoms with Gasteiger partial charge in [0, 0.05) is 31.7 Å². The third-order valence-electron chi connectivity index (χ3n) is 4.14. The zero-order chi connectivity index (χ0) is 14.2. The summed E-state index contributed by atoms with van der Waals surface area (Å²) < 4.78 is 2.07. The third kappa shape index (κ3) is 2.56. The number of aromatic nitrogens is 2. The van der Waals surface area contributed by atoms with E-state index in [9.17, 15) is 0 Å². The molecule has 0 bridgehead atoms. The van der Waals surface area contributed by atoms with Crippen molar-refractivity contribution in [1.82, 2.24) is 14.7 Å². The van der Waals surface area contributed by atoms with Crippen LogP contribution in [0.4, 0.5) is 11.5 Å². The van der Waals surface area contributed by atoms with Gasteiger partial charge in [0.25, 0.3) is 0 Å². The summed E-state index contributed by atoms with van der Waals surface area (Å²) in [6, 6.07) is 0.940. The van der Waals surface area contributed by atoms with Crippen LogP contribution in [0.1, 0.15) is 38.9 Å². The van der Waals surface area contributed by atoms with Gasteiger partial charge in [-0.2, -0.15) is 5.10 Å². The number of nitrogens with two attached hydrogens (primary N) is 1. The number of nitrogens with zero attached hydrogens (tertiary/aromatic N) is 4. The lowest BCUT2D eigenvalue weighted by Crippen LogP contribution is -2.52. The van der Waals surface area contributed by atoms with Crippen molar-refractivity contribution in [2.24, 2.45) is 0 Å². The molecule has 0 aromatic carbocycles. The molecule has 2 N–H and O–H groups in total. The van der Waals surface area contributed by atoms with E-state index in [-0.39, 0.29) is 0 Å². The first-order valence-corrected chi connectivity index (χ1v) is 7.25. The second-order valence-corrected chi connectivity index (χ2v) is 5.85. The quantitative estimate of drug-likeness (QED) is 0.906. The highest BCUT2D eigenvalue weighted by Gasteiger charge is 2.28. The minimum absolute atomic E-state index is 0.339. The molecule has 1 aliphatic rings. The van der Waals surface area contributed by atoms with Gasteiger partial charge in [-0.1, -0.05) is 6.92 Å². The van der Waals surface area contributed by atoms with Crippen LogP contribution in [0.15, 0.2) is 0 Å². The lowest BCUT2D eigenvalue weighted by Gasteiger charge is -2.40. The molecule has 1 fully saturated rings. The first-order valence-electron chi connectivity index (χ1n) is 7.25. The van der Waals surface area contributed by atoms with E-state index in [1.54, 1.807) is 0 Å². The maximum atomic E-state index is 6.25. The molecule has 1 saturated heterocycles. The van der Waals surface area contributed by atoms with Gasteiger partial charge in [0.05, 0.1) is 11.4 Å². The van der Waals surface area contributed by atoms with E-state index in [2.05, 4.69) is 47.4 Å². The molecule has 1 aliphatic heterocycles. The Morgan fingerprint density at radius 2 is 2.05 bits per heavy atom. The fourth-order valence-electron chi connectivity index (χ4n) is 2.80. The zero-order valence-corrected chi connectivity index (χ0v) is 12.8. The summed E-state index contributed by atoms with van der Waals surface area (Å²) >= 11 is 0. The Hall–Kier alpha value is -1.23. The van der Waals surface area contributed by atoms with Crippen LogP contribution in [0, 0.1) is 6.92 Å². The summed E-state index contributed by atoms with van der Waals surface area (Å²) in [5.74, 6) is 1.11. The average molecular weight is 265 g/mol. The molecule has 1 aromatic heterocycles. The van der Waals surface area contributed by atoms with Crippen molar-refractivity contribution >= 4 is 11.5 Å². The Morgan fingerprint density at radius 1 is 1.37 bits per heavy atom. The average Bonchev–Trinajstić information content (AvgIpc) is 2.67. The minimum Gasteiger partial charge on any atom is -0.394 e. The molecule has 2 heterocycles. The summed E-state index contributed by atoms with van der Waals surface area (Å²) in [6.07, 6.45) is 1.17. The number of likely N-dealkylation sites (N-methyl/N-ethyl adjacent to an activating group) is 1. The van der Waals surface area contributed by atoms with E-state index in [4.69, 9.17) is 5.73 Å². The van der Waals surface area contributed by atoms with Gasteiger partial charge in [-0.05, 0) is 34.2 Å². The largest absolute Gasteiger partial charge is 0.394 e. The molecule has 19 heavy (non-hydrogen) atoms. The number of hydrogen-bond donors (Lipinski definition) is 1. The van der Waals surface area contributed by atoms with Crippen LogP contribution in [-0.2, 0) is 0 Å². The lowest BCUT2D eigenvalue weighted by atomic mass is 10.1. The van der Waals surface area contributed by atoms with E-state index >= 15 is 0 Å². The highest BCUT2D eigenvalue weighted by atomic mass is 15.4. The Morgan fingerprint density at radius 3 is 2.63 bits per heavy atom. The second kappa shape index (κ2) is 5.41. The summed E-state index contributed by atoms with van der Waals surface area (Å²) in [5, 5.41) is 4.59. The predicted molar refractivity (Wildman–Crippen MR) is 80.7 cm³/mol. The van der Waals surface area contributed by atoms with E-state index in [0.717, 1.165) is 36.8 Å². The fraction of sp³-hybridized carbons (Fsp3) is 0.786. The number of nitrogen functional groups attached to an aromatic ring is 1. The second-order valence-electron chi connectivity index (χ2n) is 5.85. The van der Waals surface area contributed by atoms with Crippen molar-refractivity contribution in [3.8, 4) is 0 Å². The molecule has 1 atom stereocenters. The number of piperazine rings is 1. The van der Waals surface area contributed by atoms with Gasteiger partial charge in [0.1, 0.15) is 0 Å². The van der Waals surface area contributed by atoms with Crippen LogP contribution in [-0.4, -0.2) is 47.4 Å². The maximum Gasteiger partial charge on any atom is 0.151 e. The van der Waals surface area contributed by atoms with Crippen molar-refractivity contribution in [2.75, 3.05) is 37.3 Å². The van der Waals surface area contributed by atoms with E-state index < -0.39 is 0 Å². The highest BCUT2D eigenvalue weighted by Crippen LogP contribution is 2.31. The Balaban J connectivity index is 2.31. The van der Waals surface area contributed by atoms with Crippen LogP contribution >= 0.6 is 0 Å². The van der Waals surface area contributed by atoms with Crippen LogP contribution < -0.4 is 10.6 Å². The molecular weight excluding hydrogens is 238 g/mol. The van der Waals surface area contributed by atoms with Crippen LogP contribution in [0.5, 0.6) is 0 Å². The molecule has 0 aliphatic carbocycles. The van der Waals surface area contributed by atoms with Gasteiger partial charge in [-0.25, -0.2) is 4.68 Å². The summed E-state index contributed by atoms with van der Waals surface area (Å²) in [6.45, 7) is 11.7. The van der Waals surface area contributed by atoms with Gasteiger partial charge >= 0.3 is 0 Å². The molecule has 1 aromatic rings. The maximum absolute atomic E-state index is 6.25. The Kier molecular flexibility index (Phi) is 4.04. The SMILES string of the molecule is CCC1CN(c2c(N)c(C)nn2C(C)C)CCN1C. The Labute approximate surface area is 116 Å². The van der Waals surface area contributed by atoms with Gasteiger partial charge < -0.3 is 10.6 Å². The van der Waals surface area contributed by atoms with Crippen molar-refractivity contribution in [2.45, 2.75) is 46.2 Å². The predicted octanol–water partition coefficient (Wildman–Crippen LogP) is 1.89. The lowest BCUT2D eigenvalue weighted by molar-refractivity contribution is 0.212. The van der Waals surface area contributed by atoms with E-state index in [1.165, 1.54) is 6.42 Å². The van der Waals surface area contributed by atoms with Crippen LogP contribution in [0.25, 0.3) is 0 Å². The van der Waals surface area contributed by atoms with Crippen molar-refractivity contribution in [3.63, 3.8) is 0 Å². The first kappa shape index (κ1) is 14.2. The zero-order valence-electron chi connectivity index (χ0n) is 12.8. The molecule has 0 radical (unpaired) electrons. The molecule has 0 spiro atoms. The van der Waals surface area contributed by atoms with Crippen molar-refractivity contribution < 1.29 is 0 Å². The van der Waals surface area contributed by atoms with Crippen LogP contribution in [0.2, 0.25) is 0 Å². The van der Waals surface area contributed by atoms with E-state index in [0.29, 0.717) is 12.1 Å². The summed E-state index contributed by atoms with van der Waals surface area (Å²) in [7, 11) is 2.21. The molecule has 5 heteroatoms. The van der Waals surface area contributed by atoms with Crippen molar-refractivity contribution in [1.29, 1.82) is 0 Å². The van der Waals surface area contributed by atoms with E-state index in [1.807, 2.05) is 6.92 Å². The molecular formula is C14H27N5. The molecule has 108 valence electrons. The fourth-order valence-corrected chi connectivity index (χ4v) is 2.80. The molecule has 1 unspecified atom stereocenters. The smallest absolute Gasteiger partial charge is 0.151 e. The van der Waals surface area contributed by atoms with Gasteiger partial charge in [0.15, 0.2) is 5.82 Å². The van der Waals surface area contributed by atoms with Gasteiger partial charge in [-0.15, -0.1) is 0 Å². The first-order chi connectivity index (χ1) is 8.95. The number of aryl methyl sites for hydroxylation is 1. The normalized spacial score (nSPS) is 21.4. The molecule has 0 saturated carbocycles. The summed E-state index contributed by atoms with van der Waals surface area (Å²) in [5.41, 5.74) is 8.04. The highest BCUT2D eigenvalue weighted by molar-refractivity contribution is 5.66. The summed E-state index contributed by atoms with van der Waals surface area (Å²) in [4.78, 5) is 4.85. The number of anilines is 2. The molecule has 2 rings (SSSR count). The molecule has 5 nitrogen and oxygen atoms in total. The van der Waals surface area contributed by atoms with Gasteiger partial charge in [0.2, 0.25) is 0 Å². The van der Waals surface area contributed by atoms with Gasteiger partial charge in [-0.3, -0.25) is 4.90 Å². The molecule has 0 amide bonds. The number of hydrogen-bond acceptors (Lipinski definition) is 4.